The van der Waals surface area contributed by atoms with Gasteiger partial charge in [-0.2, -0.15) is 0 Å². The van der Waals surface area contributed by atoms with Gasteiger partial charge in [-0.05, 0) is 80.2 Å². The minimum atomic E-state index is -1.27. The first-order chi connectivity index (χ1) is 15.3. The van der Waals surface area contributed by atoms with Gasteiger partial charge in [0.2, 0.25) is 0 Å². The molecular formula is C25H24F4N2O. The number of rotatable bonds is 5. The molecule has 1 aliphatic rings. The molecule has 3 aromatic rings. The van der Waals surface area contributed by atoms with Gasteiger partial charge >= 0.3 is 0 Å². The van der Waals surface area contributed by atoms with Gasteiger partial charge in [0.05, 0.1) is 5.69 Å². The molecule has 0 radical (unpaired) electrons. The zero-order valence-electron chi connectivity index (χ0n) is 17.7. The van der Waals surface area contributed by atoms with Crippen LogP contribution >= 0.6 is 0 Å². The molecule has 0 spiro atoms. The number of aryl methyl sites for hydroxylation is 1. The monoisotopic (exact) mass is 444 g/mol. The smallest absolute Gasteiger partial charge is 0.168 e. The molecule has 0 bridgehead atoms. The van der Waals surface area contributed by atoms with E-state index in [2.05, 4.69) is 5.32 Å². The van der Waals surface area contributed by atoms with Gasteiger partial charge in [0, 0.05) is 17.5 Å². The number of nitrogens with two attached hydrogens (primary N) is 1. The first kappa shape index (κ1) is 22.1. The Morgan fingerprint density at radius 2 is 1.53 bits per heavy atom. The third-order valence-electron chi connectivity index (χ3n) is 6.14. The Kier molecular flexibility index (Phi) is 6.11. The van der Waals surface area contributed by atoms with Crippen molar-refractivity contribution in [2.75, 3.05) is 18.8 Å². The van der Waals surface area contributed by atoms with Crippen molar-refractivity contribution < 1.29 is 22.3 Å². The van der Waals surface area contributed by atoms with E-state index in [1.807, 2.05) is 19.1 Å². The van der Waals surface area contributed by atoms with Crippen LogP contribution in [0.2, 0.25) is 0 Å². The van der Waals surface area contributed by atoms with Crippen LogP contribution in [0.25, 0.3) is 0 Å². The van der Waals surface area contributed by atoms with E-state index in [4.69, 9.17) is 10.5 Å². The van der Waals surface area contributed by atoms with Gasteiger partial charge < -0.3 is 15.8 Å². The van der Waals surface area contributed by atoms with E-state index in [9.17, 15) is 17.6 Å². The molecule has 0 aromatic heterocycles. The lowest BCUT2D eigenvalue weighted by Gasteiger charge is -2.40. The maximum absolute atomic E-state index is 14.0. The van der Waals surface area contributed by atoms with E-state index >= 15 is 0 Å². The van der Waals surface area contributed by atoms with Crippen molar-refractivity contribution in [3.8, 4) is 11.5 Å². The summed E-state index contributed by atoms with van der Waals surface area (Å²) in [7, 11) is 0. The van der Waals surface area contributed by atoms with Gasteiger partial charge in [0.15, 0.2) is 23.2 Å². The Bertz CT molecular complexity index is 1130. The Balaban J connectivity index is 1.59. The van der Waals surface area contributed by atoms with Crippen LogP contribution in [0.5, 0.6) is 11.5 Å². The summed E-state index contributed by atoms with van der Waals surface area (Å²) in [6.07, 6.45) is 2.45. The van der Waals surface area contributed by atoms with E-state index in [-0.39, 0.29) is 16.9 Å². The highest BCUT2D eigenvalue weighted by Crippen LogP contribution is 2.40. The van der Waals surface area contributed by atoms with Crippen LogP contribution in [0, 0.1) is 30.2 Å². The third kappa shape index (κ3) is 4.43. The third-order valence-corrected chi connectivity index (χ3v) is 6.14. The van der Waals surface area contributed by atoms with E-state index in [0.29, 0.717) is 24.3 Å². The van der Waals surface area contributed by atoms with Crippen molar-refractivity contribution in [1.82, 2.24) is 5.32 Å². The van der Waals surface area contributed by atoms with Crippen LogP contribution in [-0.2, 0) is 11.8 Å². The van der Waals surface area contributed by atoms with E-state index in [1.165, 1.54) is 6.07 Å². The molecule has 32 heavy (non-hydrogen) atoms. The fraction of sp³-hybridized carbons (Fsp3) is 0.280. The maximum Gasteiger partial charge on any atom is 0.168 e. The van der Waals surface area contributed by atoms with Crippen LogP contribution in [0.3, 0.4) is 0 Å². The molecule has 1 saturated heterocycles. The van der Waals surface area contributed by atoms with Crippen LogP contribution in [0.1, 0.15) is 29.5 Å². The number of halogens is 4. The summed E-state index contributed by atoms with van der Waals surface area (Å²) >= 11 is 0. The lowest BCUT2D eigenvalue weighted by molar-refractivity contribution is 0.303. The average molecular weight is 444 g/mol. The summed E-state index contributed by atoms with van der Waals surface area (Å²) in [6, 6.07) is 11.4. The SMILES string of the molecule is Cc1cc(F)c(N)cc1C1(Cc2ccc(Oc3cc(F)c(F)cc3F)cc2)CCNCC1. The number of piperidine rings is 1. The Morgan fingerprint density at radius 1 is 0.875 bits per heavy atom. The standard InChI is InChI=1S/C25H24F4N2O/c1-15-10-21(28)23(30)11-18(15)25(6-8-31-9-7-25)14-16-2-4-17(5-3-16)32-24-13-20(27)19(26)12-22(24)29/h2-5,10-13,31H,6-9,14,30H2,1H3. The number of hydrogen-bond acceptors (Lipinski definition) is 3. The molecule has 3 aromatic carbocycles. The second kappa shape index (κ2) is 8.82. The minimum absolute atomic E-state index is 0.140. The molecule has 0 amide bonds. The molecule has 168 valence electrons. The van der Waals surface area contributed by atoms with Crippen LogP contribution in [-0.4, -0.2) is 13.1 Å². The quantitative estimate of drug-likeness (QED) is 0.298. The molecule has 7 heteroatoms. The molecular weight excluding hydrogens is 420 g/mol. The minimum Gasteiger partial charge on any atom is -0.454 e. The lowest BCUT2D eigenvalue weighted by atomic mass is 9.68. The fourth-order valence-electron chi connectivity index (χ4n) is 4.48. The van der Waals surface area contributed by atoms with Gasteiger partial charge in [-0.15, -0.1) is 0 Å². The summed E-state index contributed by atoms with van der Waals surface area (Å²) in [4.78, 5) is 0. The number of nitrogens with one attached hydrogen (secondary N) is 1. The normalized spacial score (nSPS) is 15.5. The van der Waals surface area contributed by atoms with Crippen LogP contribution < -0.4 is 15.8 Å². The molecule has 0 aliphatic carbocycles. The van der Waals surface area contributed by atoms with Crippen molar-refractivity contribution in [2.45, 2.75) is 31.6 Å². The van der Waals surface area contributed by atoms with Crippen LogP contribution in [0.4, 0.5) is 23.2 Å². The molecule has 3 nitrogen and oxygen atoms in total. The highest BCUT2D eigenvalue weighted by atomic mass is 19.2. The molecule has 1 aliphatic heterocycles. The van der Waals surface area contributed by atoms with Crippen molar-refractivity contribution in [1.29, 1.82) is 0 Å². The molecule has 1 fully saturated rings. The molecule has 0 unspecified atom stereocenters. The summed E-state index contributed by atoms with van der Waals surface area (Å²) in [5.41, 5.74) is 8.75. The average Bonchev–Trinajstić information content (AvgIpc) is 2.76. The number of hydrogen-bond donors (Lipinski definition) is 2. The first-order valence-corrected chi connectivity index (χ1v) is 10.5. The zero-order chi connectivity index (χ0) is 22.9. The van der Waals surface area contributed by atoms with Gasteiger partial charge in [-0.1, -0.05) is 12.1 Å². The second-order valence-electron chi connectivity index (χ2n) is 8.34. The van der Waals surface area contributed by atoms with Crippen molar-refractivity contribution in [3.05, 3.63) is 88.5 Å². The summed E-state index contributed by atoms with van der Waals surface area (Å²) in [5, 5.41) is 3.37. The van der Waals surface area contributed by atoms with Gasteiger partial charge in [-0.25, -0.2) is 17.6 Å². The second-order valence-corrected chi connectivity index (χ2v) is 8.34. The molecule has 1 heterocycles. The van der Waals surface area contributed by atoms with E-state index in [0.717, 1.165) is 42.6 Å². The lowest BCUT2D eigenvalue weighted by Crippen LogP contribution is -2.42. The number of anilines is 1. The molecule has 4 rings (SSSR count). The largest absolute Gasteiger partial charge is 0.454 e. The van der Waals surface area contributed by atoms with Gasteiger partial charge in [0.1, 0.15) is 11.6 Å². The maximum atomic E-state index is 14.0. The molecule has 0 atom stereocenters. The highest BCUT2D eigenvalue weighted by molar-refractivity contribution is 5.50. The predicted octanol–water partition coefficient (Wildman–Crippen LogP) is 5.79. The predicted molar refractivity (Wildman–Crippen MR) is 116 cm³/mol. The zero-order valence-corrected chi connectivity index (χ0v) is 17.7. The topological polar surface area (TPSA) is 47.3 Å². The summed E-state index contributed by atoms with van der Waals surface area (Å²) < 4.78 is 59.8. The molecule has 3 N–H and O–H groups in total. The Hall–Kier alpha value is -3.06. The number of nitrogen functional groups attached to an aromatic ring is 1. The molecule has 0 saturated carbocycles. The fourth-order valence-corrected chi connectivity index (χ4v) is 4.48. The van der Waals surface area contributed by atoms with Gasteiger partial charge in [0.25, 0.3) is 0 Å². The highest BCUT2D eigenvalue weighted by Gasteiger charge is 2.35. The Morgan fingerprint density at radius 3 is 2.22 bits per heavy atom. The summed E-state index contributed by atoms with van der Waals surface area (Å²) in [6.45, 7) is 3.58. The Labute approximate surface area is 184 Å². The van der Waals surface area contributed by atoms with Crippen LogP contribution in [0.15, 0.2) is 48.5 Å². The van der Waals surface area contributed by atoms with E-state index in [1.54, 1.807) is 18.2 Å². The van der Waals surface area contributed by atoms with E-state index < -0.39 is 23.3 Å². The first-order valence-electron chi connectivity index (χ1n) is 10.5. The van der Waals surface area contributed by atoms with Crippen molar-refractivity contribution in [2.24, 2.45) is 0 Å². The van der Waals surface area contributed by atoms with Gasteiger partial charge in [-0.3, -0.25) is 0 Å². The summed E-state index contributed by atoms with van der Waals surface area (Å²) in [5.74, 6) is -3.93. The van der Waals surface area contributed by atoms with Crippen molar-refractivity contribution in [3.63, 3.8) is 0 Å². The van der Waals surface area contributed by atoms with Crippen molar-refractivity contribution >= 4 is 5.69 Å². The number of ether oxygens (including phenoxy) is 1. The number of benzene rings is 3.